The van der Waals surface area contributed by atoms with Crippen molar-refractivity contribution < 1.29 is 14.3 Å². The fourth-order valence-electron chi connectivity index (χ4n) is 3.05. The number of ether oxygens (including phenoxy) is 1. The van der Waals surface area contributed by atoms with Crippen molar-refractivity contribution in [2.24, 2.45) is 0 Å². The van der Waals surface area contributed by atoms with Crippen LogP contribution in [-0.2, 0) is 4.79 Å². The molecular weight excluding hydrogens is 354 g/mol. The Labute approximate surface area is 162 Å². The molecule has 1 aliphatic rings. The predicted octanol–water partition coefficient (Wildman–Crippen LogP) is 2.23. The first kappa shape index (κ1) is 22.3. The van der Waals surface area contributed by atoms with Gasteiger partial charge in [-0.25, -0.2) is 0 Å². The minimum atomic E-state index is -0.161. The Hall–Kier alpha value is -1.79. The summed E-state index contributed by atoms with van der Waals surface area (Å²) in [6.45, 7) is 4.53. The molecule has 2 rings (SSSR count). The highest BCUT2D eigenvalue weighted by Gasteiger charge is 2.21. The summed E-state index contributed by atoms with van der Waals surface area (Å²) >= 11 is 0. The second-order valence-electron chi connectivity index (χ2n) is 6.23. The van der Waals surface area contributed by atoms with Crippen molar-refractivity contribution in [3.8, 4) is 5.75 Å². The Morgan fingerprint density at radius 1 is 1.23 bits per heavy atom. The molecule has 7 heteroatoms. The van der Waals surface area contributed by atoms with Crippen LogP contribution in [0.3, 0.4) is 0 Å². The maximum absolute atomic E-state index is 12.3. The maximum Gasteiger partial charge on any atom is 0.255 e. The van der Waals surface area contributed by atoms with Gasteiger partial charge in [-0.2, -0.15) is 0 Å². The number of amides is 2. The Morgan fingerprint density at radius 2 is 1.92 bits per heavy atom. The van der Waals surface area contributed by atoms with Crippen LogP contribution >= 0.6 is 12.4 Å². The average Bonchev–Trinajstić information content (AvgIpc) is 2.65. The summed E-state index contributed by atoms with van der Waals surface area (Å²) in [5.41, 5.74) is 0.532. The summed E-state index contributed by atoms with van der Waals surface area (Å²) < 4.78 is 5.47. The molecule has 1 aromatic rings. The standard InChI is InChI=1S/C19H29N3O3.ClH/c1-3-25-17-8-5-4-7-16(17)19(24)21-12-6-9-18(23)22-13-10-15(20-2)11-14-22;/h4-5,7-8,15,20H,3,6,9-14H2,1-2H3,(H,21,24);1H. The zero-order valence-electron chi connectivity index (χ0n) is 15.6. The lowest BCUT2D eigenvalue weighted by molar-refractivity contribution is -0.132. The van der Waals surface area contributed by atoms with Gasteiger partial charge in [-0.1, -0.05) is 12.1 Å². The molecule has 2 amide bonds. The smallest absolute Gasteiger partial charge is 0.255 e. The average molecular weight is 384 g/mol. The zero-order valence-corrected chi connectivity index (χ0v) is 16.4. The second kappa shape index (κ2) is 11.8. The lowest BCUT2D eigenvalue weighted by Gasteiger charge is -2.31. The van der Waals surface area contributed by atoms with Crippen LogP contribution < -0.4 is 15.4 Å². The quantitative estimate of drug-likeness (QED) is 0.675. The largest absolute Gasteiger partial charge is 0.493 e. The van der Waals surface area contributed by atoms with E-state index in [0.717, 1.165) is 25.9 Å². The summed E-state index contributed by atoms with van der Waals surface area (Å²) in [6.07, 6.45) is 3.13. The van der Waals surface area contributed by atoms with Crippen molar-refractivity contribution in [1.82, 2.24) is 15.5 Å². The number of halogens is 1. The van der Waals surface area contributed by atoms with E-state index in [0.29, 0.717) is 43.3 Å². The van der Waals surface area contributed by atoms with Gasteiger partial charge in [0.05, 0.1) is 12.2 Å². The molecule has 1 aliphatic heterocycles. The number of piperidine rings is 1. The molecule has 0 radical (unpaired) electrons. The Kier molecular flexibility index (Phi) is 10.1. The third kappa shape index (κ3) is 6.50. The summed E-state index contributed by atoms with van der Waals surface area (Å²) in [6, 6.07) is 7.72. The molecule has 0 saturated carbocycles. The molecular formula is C19H30ClN3O3. The van der Waals surface area contributed by atoms with Crippen molar-refractivity contribution in [3.63, 3.8) is 0 Å². The van der Waals surface area contributed by atoms with Crippen molar-refractivity contribution in [1.29, 1.82) is 0 Å². The third-order valence-electron chi connectivity index (χ3n) is 4.54. The van der Waals surface area contributed by atoms with Gasteiger partial charge in [-0.3, -0.25) is 9.59 Å². The van der Waals surface area contributed by atoms with Gasteiger partial charge in [-0.15, -0.1) is 12.4 Å². The fraction of sp³-hybridized carbons (Fsp3) is 0.579. The predicted molar refractivity (Wildman–Crippen MR) is 105 cm³/mol. The molecule has 6 nitrogen and oxygen atoms in total. The molecule has 0 aromatic heterocycles. The van der Waals surface area contributed by atoms with E-state index < -0.39 is 0 Å². The van der Waals surface area contributed by atoms with E-state index in [4.69, 9.17) is 4.74 Å². The van der Waals surface area contributed by atoms with Gasteiger partial charge in [0.25, 0.3) is 5.91 Å². The molecule has 0 atom stereocenters. The molecule has 2 N–H and O–H groups in total. The number of rotatable bonds is 8. The van der Waals surface area contributed by atoms with Gasteiger partial charge >= 0.3 is 0 Å². The summed E-state index contributed by atoms with van der Waals surface area (Å²) in [7, 11) is 1.97. The van der Waals surface area contributed by atoms with Crippen LogP contribution in [0.1, 0.15) is 43.0 Å². The van der Waals surface area contributed by atoms with E-state index in [1.54, 1.807) is 12.1 Å². The lowest BCUT2D eigenvalue weighted by Crippen LogP contribution is -2.44. The van der Waals surface area contributed by atoms with Crippen LogP contribution in [0, 0.1) is 0 Å². The topological polar surface area (TPSA) is 70.7 Å². The third-order valence-corrected chi connectivity index (χ3v) is 4.54. The van der Waals surface area contributed by atoms with E-state index in [1.165, 1.54) is 0 Å². The second-order valence-corrected chi connectivity index (χ2v) is 6.23. The zero-order chi connectivity index (χ0) is 18.1. The van der Waals surface area contributed by atoms with E-state index in [-0.39, 0.29) is 24.2 Å². The first-order valence-electron chi connectivity index (χ1n) is 9.10. The number of likely N-dealkylation sites (tertiary alicyclic amines) is 1. The van der Waals surface area contributed by atoms with Crippen molar-refractivity contribution >= 4 is 24.2 Å². The molecule has 1 saturated heterocycles. The van der Waals surface area contributed by atoms with Crippen molar-refractivity contribution in [3.05, 3.63) is 29.8 Å². The number of nitrogens with zero attached hydrogens (tertiary/aromatic N) is 1. The van der Waals surface area contributed by atoms with E-state index >= 15 is 0 Å². The molecule has 1 heterocycles. The first-order chi connectivity index (χ1) is 12.2. The van der Waals surface area contributed by atoms with Crippen molar-refractivity contribution in [2.75, 3.05) is 33.3 Å². The van der Waals surface area contributed by atoms with E-state index in [1.807, 2.05) is 31.0 Å². The van der Waals surface area contributed by atoms with Gasteiger partial charge in [0, 0.05) is 32.1 Å². The van der Waals surface area contributed by atoms with Gasteiger partial charge in [0.2, 0.25) is 5.91 Å². The van der Waals surface area contributed by atoms with Crippen LogP contribution in [0.5, 0.6) is 5.75 Å². The summed E-state index contributed by atoms with van der Waals surface area (Å²) in [4.78, 5) is 26.4. The Bertz CT molecular complexity index is 575. The monoisotopic (exact) mass is 383 g/mol. The van der Waals surface area contributed by atoms with E-state index in [2.05, 4.69) is 10.6 Å². The fourth-order valence-corrected chi connectivity index (χ4v) is 3.05. The highest BCUT2D eigenvalue weighted by Crippen LogP contribution is 2.17. The number of hydrogen-bond acceptors (Lipinski definition) is 4. The minimum Gasteiger partial charge on any atom is -0.493 e. The highest BCUT2D eigenvalue weighted by molar-refractivity contribution is 5.96. The number of hydrogen-bond donors (Lipinski definition) is 2. The maximum atomic E-state index is 12.3. The Morgan fingerprint density at radius 3 is 2.58 bits per heavy atom. The number of carbonyl (C=O) groups is 2. The van der Waals surface area contributed by atoms with Gasteiger partial charge in [-0.05, 0) is 45.4 Å². The molecule has 0 spiro atoms. The van der Waals surface area contributed by atoms with Crippen LogP contribution in [-0.4, -0.2) is 56.0 Å². The molecule has 1 aromatic carbocycles. The summed E-state index contributed by atoms with van der Waals surface area (Å²) in [5, 5.41) is 6.13. The van der Waals surface area contributed by atoms with Crippen LogP contribution in [0.25, 0.3) is 0 Å². The molecule has 26 heavy (non-hydrogen) atoms. The number of para-hydroxylation sites is 1. The van der Waals surface area contributed by atoms with E-state index in [9.17, 15) is 9.59 Å². The van der Waals surface area contributed by atoms with Gasteiger partial charge in [0.1, 0.15) is 5.75 Å². The SMILES string of the molecule is CCOc1ccccc1C(=O)NCCCC(=O)N1CCC(NC)CC1.Cl. The van der Waals surface area contributed by atoms with Crippen molar-refractivity contribution in [2.45, 2.75) is 38.6 Å². The number of nitrogens with one attached hydrogen (secondary N) is 2. The number of carbonyl (C=O) groups excluding carboxylic acids is 2. The van der Waals surface area contributed by atoms with Crippen LogP contribution in [0.2, 0.25) is 0 Å². The highest BCUT2D eigenvalue weighted by atomic mass is 35.5. The first-order valence-corrected chi connectivity index (χ1v) is 9.10. The molecule has 0 aliphatic carbocycles. The molecule has 0 bridgehead atoms. The molecule has 146 valence electrons. The minimum absolute atomic E-state index is 0. The van der Waals surface area contributed by atoms with Gasteiger partial charge < -0.3 is 20.3 Å². The van der Waals surface area contributed by atoms with Crippen LogP contribution in [0.4, 0.5) is 0 Å². The number of benzene rings is 1. The Balaban J connectivity index is 0.00000338. The normalized spacial score (nSPS) is 14.5. The molecule has 1 fully saturated rings. The van der Waals surface area contributed by atoms with Crippen LogP contribution in [0.15, 0.2) is 24.3 Å². The lowest BCUT2D eigenvalue weighted by atomic mass is 10.0. The van der Waals surface area contributed by atoms with Gasteiger partial charge in [0.15, 0.2) is 0 Å². The summed E-state index contributed by atoms with van der Waals surface area (Å²) in [5.74, 6) is 0.607. The molecule has 0 unspecified atom stereocenters.